The number of benzene rings is 1. The van der Waals surface area contributed by atoms with Crippen molar-refractivity contribution in [2.24, 2.45) is 17.1 Å². The first-order chi connectivity index (χ1) is 9.27. The highest BCUT2D eigenvalue weighted by Gasteiger charge is 2.35. The fourth-order valence-corrected chi connectivity index (χ4v) is 3.22. The number of rotatable bonds is 2. The Balaban J connectivity index is 2.10. The van der Waals surface area contributed by atoms with Crippen molar-refractivity contribution in [3.05, 3.63) is 28.8 Å². The topological polar surface area (TPSA) is 35.2 Å². The Morgan fingerprint density at radius 2 is 1.95 bits per heavy atom. The second-order valence-electron chi connectivity index (χ2n) is 7.13. The second-order valence-corrected chi connectivity index (χ2v) is 7.54. The number of hydrogen-bond acceptors (Lipinski definition) is 2. The average Bonchev–Trinajstić information content (AvgIpc) is 2.33. The summed E-state index contributed by atoms with van der Waals surface area (Å²) in [6.45, 7) is 8.91. The first kappa shape index (κ1) is 15.7. The van der Waals surface area contributed by atoms with Gasteiger partial charge in [0.15, 0.2) is 0 Å². The molecule has 2 rings (SSSR count). The Bertz CT molecular complexity index is 467. The smallest absolute Gasteiger partial charge is 0.138 e. The number of ether oxygens (including phenoxy) is 1. The number of halogens is 1. The van der Waals surface area contributed by atoms with E-state index in [9.17, 15) is 0 Å². The molecular formula is C17H26ClNO. The standard InChI is InChI=1S/C17H26ClNO/c1-11-5-8-15(13(18)9-11)20-16-10-12(17(2,3)4)6-7-14(16)19/h5,8-9,12,14,16H,6-7,10,19H2,1-4H3. The number of nitrogens with two attached hydrogens (primary N) is 1. The van der Waals surface area contributed by atoms with Gasteiger partial charge in [0, 0.05) is 6.04 Å². The average molecular weight is 296 g/mol. The quantitative estimate of drug-likeness (QED) is 0.867. The van der Waals surface area contributed by atoms with Crippen LogP contribution >= 0.6 is 11.6 Å². The van der Waals surface area contributed by atoms with Gasteiger partial charge >= 0.3 is 0 Å². The van der Waals surface area contributed by atoms with E-state index in [1.165, 1.54) is 6.42 Å². The molecule has 1 saturated carbocycles. The van der Waals surface area contributed by atoms with Crippen LogP contribution in [0.1, 0.15) is 45.6 Å². The van der Waals surface area contributed by atoms with Gasteiger partial charge in [-0.3, -0.25) is 0 Å². The molecule has 0 radical (unpaired) electrons. The zero-order valence-corrected chi connectivity index (χ0v) is 13.7. The second kappa shape index (κ2) is 5.95. The Kier molecular flexibility index (Phi) is 4.66. The van der Waals surface area contributed by atoms with Crippen molar-refractivity contribution < 1.29 is 4.74 Å². The maximum Gasteiger partial charge on any atom is 0.138 e. The van der Waals surface area contributed by atoms with Gasteiger partial charge in [0.25, 0.3) is 0 Å². The molecule has 0 spiro atoms. The molecule has 2 nitrogen and oxygen atoms in total. The summed E-state index contributed by atoms with van der Waals surface area (Å²) in [5.74, 6) is 1.41. The molecule has 0 amide bonds. The number of aryl methyl sites for hydroxylation is 1. The highest BCUT2D eigenvalue weighted by atomic mass is 35.5. The summed E-state index contributed by atoms with van der Waals surface area (Å²) in [5, 5.41) is 0.676. The summed E-state index contributed by atoms with van der Waals surface area (Å²) in [6.07, 6.45) is 3.28. The minimum atomic E-state index is 0.0631. The van der Waals surface area contributed by atoms with Crippen molar-refractivity contribution in [1.82, 2.24) is 0 Å². The summed E-state index contributed by atoms with van der Waals surface area (Å²) >= 11 is 6.26. The van der Waals surface area contributed by atoms with Gasteiger partial charge in [-0.1, -0.05) is 38.4 Å². The van der Waals surface area contributed by atoms with E-state index in [4.69, 9.17) is 22.1 Å². The molecule has 1 aromatic rings. The van der Waals surface area contributed by atoms with Gasteiger partial charge in [-0.05, 0) is 55.2 Å². The maximum atomic E-state index is 6.26. The molecule has 0 bridgehead atoms. The molecule has 2 N–H and O–H groups in total. The summed E-state index contributed by atoms with van der Waals surface area (Å²) in [7, 11) is 0. The molecule has 3 heteroatoms. The fraction of sp³-hybridized carbons (Fsp3) is 0.647. The molecule has 1 aromatic carbocycles. The van der Waals surface area contributed by atoms with Crippen LogP contribution in [0.2, 0.25) is 5.02 Å². The lowest BCUT2D eigenvalue weighted by Crippen LogP contribution is -2.46. The maximum absolute atomic E-state index is 6.26. The van der Waals surface area contributed by atoms with E-state index in [1.807, 2.05) is 25.1 Å². The molecule has 3 atom stereocenters. The van der Waals surface area contributed by atoms with Crippen LogP contribution in [0.4, 0.5) is 0 Å². The van der Waals surface area contributed by atoms with Gasteiger partial charge in [0.2, 0.25) is 0 Å². The van der Waals surface area contributed by atoms with Gasteiger partial charge in [-0.2, -0.15) is 0 Å². The van der Waals surface area contributed by atoms with Crippen LogP contribution < -0.4 is 10.5 Å². The zero-order chi connectivity index (χ0) is 14.9. The molecule has 3 unspecified atom stereocenters. The van der Waals surface area contributed by atoms with Gasteiger partial charge in [0.1, 0.15) is 11.9 Å². The summed E-state index contributed by atoms with van der Waals surface area (Å²) < 4.78 is 6.12. The molecule has 1 aliphatic rings. The normalized spacial score (nSPS) is 27.4. The van der Waals surface area contributed by atoms with Gasteiger partial charge in [0.05, 0.1) is 5.02 Å². The molecule has 0 heterocycles. The lowest BCUT2D eigenvalue weighted by atomic mass is 9.70. The van der Waals surface area contributed by atoms with Crippen LogP contribution in [-0.4, -0.2) is 12.1 Å². The molecular weight excluding hydrogens is 270 g/mol. The molecule has 112 valence electrons. The van der Waals surface area contributed by atoms with Crippen LogP contribution in [0.5, 0.6) is 5.75 Å². The summed E-state index contributed by atoms with van der Waals surface area (Å²) in [4.78, 5) is 0. The predicted molar refractivity (Wildman–Crippen MR) is 85.4 cm³/mol. The van der Waals surface area contributed by atoms with E-state index >= 15 is 0 Å². The minimum Gasteiger partial charge on any atom is -0.487 e. The molecule has 1 aliphatic carbocycles. The summed E-state index contributed by atoms with van der Waals surface area (Å²) in [5.41, 5.74) is 7.69. The fourth-order valence-electron chi connectivity index (χ4n) is 2.94. The SMILES string of the molecule is Cc1ccc(OC2CC(C(C)(C)C)CCC2N)c(Cl)c1. The number of hydrogen-bond donors (Lipinski definition) is 1. The monoisotopic (exact) mass is 295 g/mol. The molecule has 0 aliphatic heterocycles. The van der Waals surface area contributed by atoms with Crippen molar-refractivity contribution in [3.8, 4) is 5.75 Å². The Labute approximate surface area is 127 Å². The highest BCUT2D eigenvalue weighted by Crippen LogP contribution is 2.39. The summed E-state index contributed by atoms with van der Waals surface area (Å²) in [6, 6.07) is 6.01. The van der Waals surface area contributed by atoms with Crippen LogP contribution in [-0.2, 0) is 0 Å². The molecule has 0 saturated heterocycles. The lowest BCUT2D eigenvalue weighted by molar-refractivity contribution is 0.0592. The largest absolute Gasteiger partial charge is 0.487 e. The van der Waals surface area contributed by atoms with Crippen LogP contribution in [0.25, 0.3) is 0 Å². The Morgan fingerprint density at radius 3 is 2.55 bits per heavy atom. The zero-order valence-electron chi connectivity index (χ0n) is 12.9. The van der Waals surface area contributed by atoms with E-state index in [0.717, 1.165) is 24.2 Å². The van der Waals surface area contributed by atoms with E-state index in [2.05, 4.69) is 20.8 Å². The van der Waals surface area contributed by atoms with Gasteiger partial charge < -0.3 is 10.5 Å². The van der Waals surface area contributed by atoms with Crippen LogP contribution in [0.15, 0.2) is 18.2 Å². The van der Waals surface area contributed by atoms with Crippen LogP contribution in [0, 0.1) is 18.3 Å². The van der Waals surface area contributed by atoms with Crippen molar-refractivity contribution in [3.63, 3.8) is 0 Å². The Hall–Kier alpha value is -0.730. The van der Waals surface area contributed by atoms with E-state index in [1.54, 1.807) is 0 Å². The van der Waals surface area contributed by atoms with Crippen molar-refractivity contribution >= 4 is 11.6 Å². The van der Waals surface area contributed by atoms with Crippen molar-refractivity contribution in [1.29, 1.82) is 0 Å². The van der Waals surface area contributed by atoms with Gasteiger partial charge in [-0.15, -0.1) is 0 Å². The minimum absolute atomic E-state index is 0.0631. The first-order valence-corrected chi connectivity index (χ1v) is 7.83. The van der Waals surface area contributed by atoms with Crippen LogP contribution in [0.3, 0.4) is 0 Å². The third kappa shape index (κ3) is 3.67. The lowest BCUT2D eigenvalue weighted by Gasteiger charge is -2.40. The molecule has 0 aromatic heterocycles. The predicted octanol–water partition coefficient (Wildman–Crippen LogP) is 4.57. The molecule has 1 fully saturated rings. The van der Waals surface area contributed by atoms with E-state index < -0.39 is 0 Å². The van der Waals surface area contributed by atoms with Crippen molar-refractivity contribution in [2.45, 2.75) is 59.1 Å². The molecule has 20 heavy (non-hydrogen) atoms. The van der Waals surface area contributed by atoms with Crippen molar-refractivity contribution in [2.75, 3.05) is 0 Å². The third-order valence-electron chi connectivity index (χ3n) is 4.43. The van der Waals surface area contributed by atoms with E-state index in [0.29, 0.717) is 16.4 Å². The van der Waals surface area contributed by atoms with E-state index in [-0.39, 0.29) is 12.1 Å². The van der Waals surface area contributed by atoms with Gasteiger partial charge in [-0.25, -0.2) is 0 Å². The third-order valence-corrected chi connectivity index (χ3v) is 4.73. The first-order valence-electron chi connectivity index (χ1n) is 7.46. The Morgan fingerprint density at radius 1 is 1.25 bits per heavy atom. The highest BCUT2D eigenvalue weighted by molar-refractivity contribution is 6.32.